The molecule has 1 aromatic rings. The van der Waals surface area contributed by atoms with Crippen molar-refractivity contribution in [1.82, 2.24) is 10.2 Å². The standard InChI is InChI=1S/C15H24N2O/c1-3-18-15-6-4-14(5-7-15)13(2)12-17-10-8-16-9-11-17/h4-7,13,16H,3,8-12H2,1-2H3. The molecular weight excluding hydrogens is 224 g/mol. The van der Waals surface area contributed by atoms with Gasteiger partial charge >= 0.3 is 0 Å². The Morgan fingerprint density at radius 2 is 1.89 bits per heavy atom. The molecule has 1 N–H and O–H groups in total. The molecule has 1 aliphatic rings. The van der Waals surface area contributed by atoms with Gasteiger partial charge in [-0.2, -0.15) is 0 Å². The van der Waals surface area contributed by atoms with E-state index in [1.54, 1.807) is 0 Å². The first-order valence-corrected chi connectivity index (χ1v) is 6.95. The molecule has 3 nitrogen and oxygen atoms in total. The summed E-state index contributed by atoms with van der Waals surface area (Å²) in [6.07, 6.45) is 0. The van der Waals surface area contributed by atoms with Gasteiger partial charge in [0.2, 0.25) is 0 Å². The van der Waals surface area contributed by atoms with E-state index in [9.17, 15) is 0 Å². The highest BCUT2D eigenvalue weighted by Crippen LogP contribution is 2.20. The second-order valence-electron chi connectivity index (χ2n) is 4.95. The Morgan fingerprint density at radius 3 is 2.50 bits per heavy atom. The largest absolute Gasteiger partial charge is 0.494 e. The fraction of sp³-hybridized carbons (Fsp3) is 0.600. The summed E-state index contributed by atoms with van der Waals surface area (Å²) in [5, 5.41) is 3.39. The Labute approximate surface area is 110 Å². The Morgan fingerprint density at radius 1 is 1.22 bits per heavy atom. The van der Waals surface area contributed by atoms with Crippen molar-refractivity contribution < 1.29 is 4.74 Å². The lowest BCUT2D eigenvalue weighted by atomic mass is 10.0. The summed E-state index contributed by atoms with van der Waals surface area (Å²) >= 11 is 0. The molecule has 0 saturated carbocycles. The van der Waals surface area contributed by atoms with E-state index >= 15 is 0 Å². The predicted octanol–water partition coefficient (Wildman–Crippen LogP) is 2.09. The summed E-state index contributed by atoms with van der Waals surface area (Å²) in [5.41, 5.74) is 1.40. The van der Waals surface area contributed by atoms with Crippen LogP contribution in [0, 0.1) is 0 Å². The first kappa shape index (κ1) is 13.4. The van der Waals surface area contributed by atoms with E-state index in [0.29, 0.717) is 5.92 Å². The number of hydrogen-bond donors (Lipinski definition) is 1. The van der Waals surface area contributed by atoms with E-state index in [-0.39, 0.29) is 0 Å². The zero-order valence-corrected chi connectivity index (χ0v) is 11.5. The molecule has 1 aliphatic heterocycles. The van der Waals surface area contributed by atoms with Crippen molar-refractivity contribution >= 4 is 0 Å². The maximum atomic E-state index is 5.47. The highest BCUT2D eigenvalue weighted by atomic mass is 16.5. The van der Waals surface area contributed by atoms with Crippen molar-refractivity contribution in [3.63, 3.8) is 0 Å². The summed E-state index contributed by atoms with van der Waals surface area (Å²) in [6.45, 7) is 10.8. The van der Waals surface area contributed by atoms with E-state index in [2.05, 4.69) is 41.4 Å². The third-order valence-electron chi connectivity index (χ3n) is 3.50. The highest BCUT2D eigenvalue weighted by molar-refractivity contribution is 5.29. The van der Waals surface area contributed by atoms with Crippen LogP contribution >= 0.6 is 0 Å². The lowest BCUT2D eigenvalue weighted by molar-refractivity contribution is 0.230. The van der Waals surface area contributed by atoms with E-state index in [4.69, 9.17) is 4.74 Å². The van der Waals surface area contributed by atoms with Crippen LogP contribution in [0.1, 0.15) is 25.3 Å². The van der Waals surface area contributed by atoms with Gasteiger partial charge in [0, 0.05) is 32.7 Å². The molecule has 0 spiro atoms. The number of rotatable bonds is 5. The molecule has 3 heteroatoms. The van der Waals surface area contributed by atoms with Gasteiger partial charge in [0.25, 0.3) is 0 Å². The quantitative estimate of drug-likeness (QED) is 0.863. The second kappa shape index (κ2) is 6.76. The topological polar surface area (TPSA) is 24.5 Å². The normalized spacial score (nSPS) is 18.6. The number of nitrogens with zero attached hydrogens (tertiary/aromatic N) is 1. The fourth-order valence-electron chi connectivity index (χ4n) is 2.45. The zero-order chi connectivity index (χ0) is 12.8. The lowest BCUT2D eigenvalue weighted by Crippen LogP contribution is -2.44. The molecule has 0 radical (unpaired) electrons. The molecule has 1 heterocycles. The smallest absolute Gasteiger partial charge is 0.119 e. The van der Waals surface area contributed by atoms with Crippen LogP contribution in [0.4, 0.5) is 0 Å². The van der Waals surface area contributed by atoms with E-state index in [0.717, 1.165) is 32.0 Å². The molecular formula is C15H24N2O. The molecule has 1 saturated heterocycles. The van der Waals surface area contributed by atoms with Crippen LogP contribution in [0.3, 0.4) is 0 Å². The average molecular weight is 248 g/mol. The van der Waals surface area contributed by atoms with Crippen molar-refractivity contribution in [2.24, 2.45) is 0 Å². The first-order valence-electron chi connectivity index (χ1n) is 6.95. The average Bonchev–Trinajstić information content (AvgIpc) is 2.41. The summed E-state index contributed by atoms with van der Waals surface area (Å²) in [7, 11) is 0. The van der Waals surface area contributed by atoms with Crippen LogP contribution in [0.5, 0.6) is 5.75 Å². The Balaban J connectivity index is 1.89. The third-order valence-corrected chi connectivity index (χ3v) is 3.50. The minimum absolute atomic E-state index is 0.582. The van der Waals surface area contributed by atoms with E-state index in [1.807, 2.05) is 6.92 Å². The van der Waals surface area contributed by atoms with E-state index in [1.165, 1.54) is 18.7 Å². The monoisotopic (exact) mass is 248 g/mol. The minimum Gasteiger partial charge on any atom is -0.494 e. The van der Waals surface area contributed by atoms with Crippen molar-refractivity contribution in [2.45, 2.75) is 19.8 Å². The molecule has 1 atom stereocenters. The number of nitrogens with one attached hydrogen (secondary N) is 1. The van der Waals surface area contributed by atoms with Crippen LogP contribution in [0.15, 0.2) is 24.3 Å². The maximum absolute atomic E-state index is 5.47. The van der Waals surface area contributed by atoms with Crippen molar-refractivity contribution in [1.29, 1.82) is 0 Å². The van der Waals surface area contributed by atoms with Gasteiger partial charge in [-0.3, -0.25) is 0 Å². The van der Waals surface area contributed by atoms with Gasteiger partial charge in [-0.05, 0) is 30.5 Å². The molecule has 1 aromatic carbocycles. The van der Waals surface area contributed by atoms with Gasteiger partial charge in [0.15, 0.2) is 0 Å². The van der Waals surface area contributed by atoms with Gasteiger partial charge in [-0.15, -0.1) is 0 Å². The SMILES string of the molecule is CCOc1ccc(C(C)CN2CCNCC2)cc1. The third kappa shape index (κ3) is 3.72. The van der Waals surface area contributed by atoms with Crippen LogP contribution in [-0.2, 0) is 0 Å². The summed E-state index contributed by atoms with van der Waals surface area (Å²) in [5.74, 6) is 1.55. The Bertz CT molecular complexity index is 344. The van der Waals surface area contributed by atoms with Crippen LogP contribution in [0.2, 0.25) is 0 Å². The maximum Gasteiger partial charge on any atom is 0.119 e. The van der Waals surface area contributed by atoms with Crippen molar-refractivity contribution in [2.75, 3.05) is 39.3 Å². The molecule has 1 fully saturated rings. The molecule has 0 bridgehead atoms. The lowest BCUT2D eigenvalue weighted by Gasteiger charge is -2.29. The first-order chi connectivity index (χ1) is 8.79. The zero-order valence-electron chi connectivity index (χ0n) is 11.5. The predicted molar refractivity (Wildman–Crippen MR) is 75.3 cm³/mol. The van der Waals surface area contributed by atoms with Crippen molar-refractivity contribution in [3.05, 3.63) is 29.8 Å². The molecule has 0 aliphatic carbocycles. The number of benzene rings is 1. The summed E-state index contributed by atoms with van der Waals surface area (Å²) in [6, 6.07) is 8.54. The van der Waals surface area contributed by atoms with Gasteiger partial charge in [-0.25, -0.2) is 0 Å². The molecule has 0 amide bonds. The number of ether oxygens (including phenoxy) is 1. The van der Waals surface area contributed by atoms with Crippen molar-refractivity contribution in [3.8, 4) is 5.75 Å². The Kier molecular flexibility index (Phi) is 5.02. The van der Waals surface area contributed by atoms with E-state index < -0.39 is 0 Å². The van der Waals surface area contributed by atoms with Crippen LogP contribution in [-0.4, -0.2) is 44.2 Å². The summed E-state index contributed by atoms with van der Waals surface area (Å²) < 4.78 is 5.47. The Hall–Kier alpha value is -1.06. The molecule has 0 aromatic heterocycles. The number of piperazine rings is 1. The van der Waals surface area contributed by atoms with Crippen LogP contribution in [0.25, 0.3) is 0 Å². The highest BCUT2D eigenvalue weighted by Gasteiger charge is 2.14. The molecule has 18 heavy (non-hydrogen) atoms. The second-order valence-corrected chi connectivity index (χ2v) is 4.95. The van der Waals surface area contributed by atoms with Gasteiger partial charge < -0.3 is 15.0 Å². The fourth-order valence-corrected chi connectivity index (χ4v) is 2.45. The summed E-state index contributed by atoms with van der Waals surface area (Å²) in [4.78, 5) is 2.54. The molecule has 100 valence electrons. The molecule has 1 unspecified atom stereocenters. The van der Waals surface area contributed by atoms with Gasteiger partial charge in [0.05, 0.1) is 6.61 Å². The van der Waals surface area contributed by atoms with Gasteiger partial charge in [0.1, 0.15) is 5.75 Å². The number of hydrogen-bond acceptors (Lipinski definition) is 3. The molecule has 2 rings (SSSR count). The van der Waals surface area contributed by atoms with Gasteiger partial charge in [-0.1, -0.05) is 19.1 Å². The van der Waals surface area contributed by atoms with Crippen LogP contribution < -0.4 is 10.1 Å². The minimum atomic E-state index is 0.582.